The summed E-state index contributed by atoms with van der Waals surface area (Å²) in [7, 11) is 0. The second kappa shape index (κ2) is 12.0. The Hall–Kier alpha value is -3.05. The van der Waals surface area contributed by atoms with Crippen LogP contribution in [0.25, 0.3) is 0 Å². The Balaban J connectivity index is 1.38. The molecule has 37 heavy (non-hydrogen) atoms. The van der Waals surface area contributed by atoms with Gasteiger partial charge in [-0.25, -0.2) is 19.0 Å². The van der Waals surface area contributed by atoms with E-state index in [-0.39, 0.29) is 23.6 Å². The zero-order valence-electron chi connectivity index (χ0n) is 21.2. The molecule has 200 valence electrons. The maximum Gasteiger partial charge on any atom is 0.407 e. The van der Waals surface area contributed by atoms with E-state index in [9.17, 15) is 23.9 Å². The van der Waals surface area contributed by atoms with Gasteiger partial charge in [-0.05, 0) is 62.8 Å². The Bertz CT molecular complexity index is 1120. The lowest BCUT2D eigenvalue weighted by molar-refractivity contribution is 0.0786. The second-order valence-electron chi connectivity index (χ2n) is 10.1. The minimum atomic E-state index is -0.948. The van der Waals surface area contributed by atoms with E-state index in [1.807, 2.05) is 12.1 Å². The molecule has 0 bridgehead atoms. The molecular formula is C26H34FN5O4S. The highest BCUT2D eigenvalue weighted by molar-refractivity contribution is 7.17. The first-order valence-corrected chi connectivity index (χ1v) is 13.5. The van der Waals surface area contributed by atoms with Crippen LogP contribution in [-0.2, 0) is 6.42 Å². The van der Waals surface area contributed by atoms with Crippen molar-refractivity contribution in [3.8, 4) is 0 Å². The summed E-state index contributed by atoms with van der Waals surface area (Å²) in [6, 6.07) is 6.06. The van der Waals surface area contributed by atoms with Crippen molar-refractivity contribution in [2.24, 2.45) is 11.8 Å². The first-order chi connectivity index (χ1) is 17.7. The molecular weight excluding hydrogens is 497 g/mol. The van der Waals surface area contributed by atoms with Gasteiger partial charge in [0.2, 0.25) is 0 Å². The molecule has 0 saturated carbocycles. The van der Waals surface area contributed by atoms with Crippen LogP contribution in [-0.4, -0.2) is 76.6 Å². The quantitative estimate of drug-likeness (QED) is 0.461. The van der Waals surface area contributed by atoms with Crippen LogP contribution in [0.2, 0.25) is 0 Å². The summed E-state index contributed by atoms with van der Waals surface area (Å²) < 4.78 is 13.3. The van der Waals surface area contributed by atoms with Gasteiger partial charge in [-0.15, -0.1) is 0 Å². The Labute approximate surface area is 220 Å². The van der Waals surface area contributed by atoms with E-state index in [1.165, 1.54) is 24.0 Å². The standard InChI is InChI=1S/C26H34FN5O4S/c1-16-23(17(2)33)37-25(28-16)30-24(34)29-22-9-11-32(26(35)36)15-20(22)14-31-10-3-4-19(13-31)12-18-5-7-21(27)8-6-18/h5-8,19-20,22H,3-4,9-15H2,1-2H3,(H,35,36)(H2,28,29,30,34)/t19-,20+,22+/m0/s1. The number of carbonyl (C=O) groups excluding carboxylic acids is 2. The van der Waals surface area contributed by atoms with Gasteiger partial charge < -0.3 is 20.2 Å². The van der Waals surface area contributed by atoms with Gasteiger partial charge >= 0.3 is 12.1 Å². The number of aromatic nitrogens is 1. The number of ketones is 1. The fraction of sp³-hybridized carbons (Fsp3) is 0.538. The number of likely N-dealkylation sites (tertiary alicyclic amines) is 2. The van der Waals surface area contributed by atoms with Gasteiger partial charge in [-0.1, -0.05) is 23.5 Å². The molecule has 0 radical (unpaired) electrons. The van der Waals surface area contributed by atoms with Crippen LogP contribution in [0.3, 0.4) is 0 Å². The maximum absolute atomic E-state index is 13.3. The minimum absolute atomic E-state index is 0.0639. The number of urea groups is 1. The third-order valence-corrected chi connectivity index (χ3v) is 8.36. The number of amides is 3. The zero-order valence-corrected chi connectivity index (χ0v) is 22.0. The lowest BCUT2D eigenvalue weighted by Gasteiger charge is -2.42. The number of rotatable bonds is 7. The van der Waals surface area contributed by atoms with Gasteiger partial charge in [-0.3, -0.25) is 10.1 Å². The summed E-state index contributed by atoms with van der Waals surface area (Å²) in [5, 5.41) is 15.7. The molecule has 0 unspecified atom stereocenters. The summed E-state index contributed by atoms with van der Waals surface area (Å²) in [5.41, 5.74) is 1.70. The normalized spacial score (nSPS) is 22.5. The van der Waals surface area contributed by atoms with Gasteiger partial charge in [0, 0.05) is 45.1 Å². The van der Waals surface area contributed by atoms with E-state index in [2.05, 4.69) is 20.5 Å². The Morgan fingerprint density at radius 1 is 1.16 bits per heavy atom. The van der Waals surface area contributed by atoms with Crippen molar-refractivity contribution in [3.05, 3.63) is 46.2 Å². The molecule has 9 nitrogen and oxygen atoms in total. The van der Waals surface area contributed by atoms with Crippen LogP contribution in [0, 0.1) is 24.6 Å². The molecule has 2 aliphatic heterocycles. The molecule has 3 N–H and O–H groups in total. The number of nitrogens with one attached hydrogen (secondary N) is 2. The number of Topliss-reactive ketones (excluding diaryl/α,β-unsaturated/α-hetero) is 1. The molecule has 3 amide bonds. The van der Waals surface area contributed by atoms with Crippen molar-refractivity contribution >= 4 is 34.4 Å². The molecule has 3 atom stereocenters. The van der Waals surface area contributed by atoms with Crippen LogP contribution < -0.4 is 10.6 Å². The van der Waals surface area contributed by atoms with Gasteiger partial charge in [0.15, 0.2) is 10.9 Å². The van der Waals surface area contributed by atoms with Gasteiger partial charge in [-0.2, -0.15) is 0 Å². The Morgan fingerprint density at radius 3 is 2.59 bits per heavy atom. The van der Waals surface area contributed by atoms with Gasteiger partial charge in [0.1, 0.15) is 5.82 Å². The van der Waals surface area contributed by atoms with E-state index in [4.69, 9.17) is 0 Å². The second-order valence-corrected chi connectivity index (χ2v) is 11.1. The number of carboxylic acid groups (broad SMARTS) is 1. The number of anilines is 1. The monoisotopic (exact) mass is 531 g/mol. The molecule has 0 aliphatic carbocycles. The van der Waals surface area contributed by atoms with E-state index in [0.717, 1.165) is 49.3 Å². The summed E-state index contributed by atoms with van der Waals surface area (Å²) >= 11 is 1.15. The van der Waals surface area contributed by atoms with E-state index in [1.54, 1.807) is 6.92 Å². The molecule has 2 fully saturated rings. The highest BCUT2D eigenvalue weighted by Gasteiger charge is 2.35. The summed E-state index contributed by atoms with van der Waals surface area (Å²) in [6.45, 7) is 6.39. The zero-order chi connectivity index (χ0) is 26.5. The smallest absolute Gasteiger partial charge is 0.407 e. The van der Waals surface area contributed by atoms with Crippen molar-refractivity contribution in [3.63, 3.8) is 0 Å². The maximum atomic E-state index is 13.3. The number of hydrogen-bond donors (Lipinski definition) is 3. The molecule has 4 rings (SSSR count). The fourth-order valence-electron chi connectivity index (χ4n) is 5.43. The molecule has 1 aromatic heterocycles. The highest BCUT2D eigenvalue weighted by atomic mass is 32.1. The number of nitrogens with zero attached hydrogens (tertiary/aromatic N) is 3. The van der Waals surface area contributed by atoms with Crippen LogP contribution in [0.5, 0.6) is 0 Å². The van der Waals surface area contributed by atoms with E-state index in [0.29, 0.717) is 47.7 Å². The van der Waals surface area contributed by atoms with Crippen molar-refractivity contribution in [2.75, 3.05) is 38.0 Å². The van der Waals surface area contributed by atoms with Crippen molar-refractivity contribution in [1.82, 2.24) is 20.1 Å². The molecule has 11 heteroatoms. The third kappa shape index (κ3) is 7.26. The summed E-state index contributed by atoms with van der Waals surface area (Å²) in [5.74, 6) is 0.0488. The van der Waals surface area contributed by atoms with Crippen LogP contribution >= 0.6 is 11.3 Å². The van der Waals surface area contributed by atoms with E-state index < -0.39 is 12.1 Å². The largest absolute Gasteiger partial charge is 0.465 e. The predicted molar refractivity (Wildman–Crippen MR) is 140 cm³/mol. The molecule has 0 spiro atoms. The van der Waals surface area contributed by atoms with Crippen LogP contribution in [0.15, 0.2) is 24.3 Å². The third-order valence-electron chi connectivity index (χ3n) is 7.19. The predicted octanol–water partition coefficient (Wildman–Crippen LogP) is 4.24. The Kier molecular flexibility index (Phi) is 8.75. The highest BCUT2D eigenvalue weighted by Crippen LogP contribution is 2.26. The molecule has 2 aromatic rings. The first kappa shape index (κ1) is 27.0. The topological polar surface area (TPSA) is 115 Å². The molecule has 1 aromatic carbocycles. The van der Waals surface area contributed by atoms with Gasteiger partial charge in [0.25, 0.3) is 0 Å². The number of halogens is 1. The average molecular weight is 532 g/mol. The first-order valence-electron chi connectivity index (χ1n) is 12.7. The summed E-state index contributed by atoms with van der Waals surface area (Å²) in [6.07, 6.45) is 2.59. The Morgan fingerprint density at radius 2 is 1.92 bits per heavy atom. The van der Waals surface area contributed by atoms with Crippen molar-refractivity contribution in [1.29, 1.82) is 0 Å². The fourth-order valence-corrected chi connectivity index (χ4v) is 6.28. The van der Waals surface area contributed by atoms with Gasteiger partial charge in [0.05, 0.1) is 10.6 Å². The lowest BCUT2D eigenvalue weighted by atomic mass is 9.88. The van der Waals surface area contributed by atoms with Crippen molar-refractivity contribution < 1.29 is 23.9 Å². The molecule has 2 saturated heterocycles. The van der Waals surface area contributed by atoms with Crippen molar-refractivity contribution in [2.45, 2.75) is 45.6 Å². The van der Waals surface area contributed by atoms with Crippen LogP contribution in [0.4, 0.5) is 19.1 Å². The molecule has 2 aliphatic rings. The number of aryl methyl sites for hydroxylation is 1. The number of thiazole rings is 1. The lowest BCUT2D eigenvalue weighted by Crippen LogP contribution is -2.56. The van der Waals surface area contributed by atoms with Crippen LogP contribution in [0.1, 0.15) is 47.1 Å². The van der Waals surface area contributed by atoms with E-state index >= 15 is 0 Å². The average Bonchev–Trinajstić information content (AvgIpc) is 3.21. The number of piperidine rings is 2. The number of hydrogen-bond acceptors (Lipinski definition) is 6. The SMILES string of the molecule is CC(=O)c1sc(NC(=O)N[C@@H]2CCN(C(=O)O)C[C@H]2CN2CCC[C@@H](Cc3ccc(F)cc3)C2)nc1C. The number of benzene rings is 1. The molecule has 3 heterocycles. The number of carbonyl (C=O) groups is 3. The minimum Gasteiger partial charge on any atom is -0.465 e. The summed E-state index contributed by atoms with van der Waals surface area (Å²) in [4.78, 5) is 44.8.